The second-order valence-electron chi connectivity index (χ2n) is 6.11. The summed E-state index contributed by atoms with van der Waals surface area (Å²) in [4.78, 5) is 7.08. The average Bonchev–Trinajstić information content (AvgIpc) is 2.46. The van der Waals surface area contributed by atoms with Gasteiger partial charge in [-0.3, -0.25) is 0 Å². The summed E-state index contributed by atoms with van der Waals surface area (Å²) in [6.07, 6.45) is 3.96. The number of aryl methyl sites for hydroxylation is 1. The van der Waals surface area contributed by atoms with Crippen molar-refractivity contribution < 1.29 is 0 Å². The zero-order valence-corrected chi connectivity index (χ0v) is 12.8. The van der Waals surface area contributed by atoms with E-state index in [0.717, 1.165) is 31.7 Å². The van der Waals surface area contributed by atoms with Crippen molar-refractivity contribution in [2.45, 2.75) is 39.3 Å². The van der Waals surface area contributed by atoms with E-state index >= 15 is 0 Å². The maximum absolute atomic E-state index is 5.87. The normalized spacial score (nSPS) is 15.7. The highest BCUT2D eigenvalue weighted by Crippen LogP contribution is 2.25. The molecule has 1 unspecified atom stereocenters. The van der Waals surface area contributed by atoms with Gasteiger partial charge in [0, 0.05) is 25.3 Å². The fourth-order valence-electron chi connectivity index (χ4n) is 3.12. The van der Waals surface area contributed by atoms with Crippen molar-refractivity contribution in [2.24, 2.45) is 5.73 Å². The number of aromatic nitrogens is 1. The first kappa shape index (κ1) is 14.1. The van der Waals surface area contributed by atoms with E-state index in [4.69, 9.17) is 10.7 Å². The molecule has 2 heterocycles. The third-order valence-corrected chi connectivity index (χ3v) is 4.10. The molecule has 1 aliphatic rings. The first-order valence-electron chi connectivity index (χ1n) is 7.66. The Hall–Kier alpha value is -1.87. The Balaban J connectivity index is 1.82. The predicted octanol–water partition coefficient (Wildman–Crippen LogP) is 2.84. The van der Waals surface area contributed by atoms with Gasteiger partial charge in [0.2, 0.25) is 0 Å². The monoisotopic (exact) mass is 281 g/mol. The van der Waals surface area contributed by atoms with Crippen molar-refractivity contribution in [3.8, 4) is 0 Å². The van der Waals surface area contributed by atoms with Crippen molar-refractivity contribution in [2.75, 3.05) is 11.4 Å². The fraction of sp³-hybridized carbons (Fsp3) is 0.389. The summed E-state index contributed by atoms with van der Waals surface area (Å²) in [7, 11) is 0. The smallest absolute Gasteiger partial charge is 0.131 e. The largest absolute Gasteiger partial charge is 0.352 e. The molecular weight excluding hydrogens is 258 g/mol. The van der Waals surface area contributed by atoms with E-state index in [0.29, 0.717) is 0 Å². The van der Waals surface area contributed by atoms with Gasteiger partial charge in [0.25, 0.3) is 0 Å². The highest BCUT2D eigenvalue weighted by molar-refractivity contribution is 5.50. The standard InChI is InChI=1S/C18H23N3/c1-13-9-15(10-14(2)19)11-20-18(13)21-8-7-16-5-3-4-6-17(16)12-21/h3-6,9,11,14H,7-8,10,12,19H2,1-2H3. The molecule has 1 aliphatic heterocycles. The van der Waals surface area contributed by atoms with Crippen LogP contribution in [0.1, 0.15) is 29.2 Å². The summed E-state index contributed by atoms with van der Waals surface area (Å²) < 4.78 is 0. The summed E-state index contributed by atoms with van der Waals surface area (Å²) in [6.45, 7) is 6.17. The van der Waals surface area contributed by atoms with Gasteiger partial charge in [-0.2, -0.15) is 0 Å². The van der Waals surface area contributed by atoms with Crippen LogP contribution < -0.4 is 10.6 Å². The van der Waals surface area contributed by atoms with Crippen molar-refractivity contribution in [1.82, 2.24) is 4.98 Å². The van der Waals surface area contributed by atoms with Crippen LogP contribution in [0.5, 0.6) is 0 Å². The minimum Gasteiger partial charge on any atom is -0.352 e. The molecule has 1 aromatic heterocycles. The van der Waals surface area contributed by atoms with Crippen LogP contribution in [0, 0.1) is 6.92 Å². The Labute approximate surface area is 126 Å². The van der Waals surface area contributed by atoms with Crippen molar-refractivity contribution in [1.29, 1.82) is 0 Å². The summed E-state index contributed by atoms with van der Waals surface area (Å²) in [5.41, 5.74) is 11.2. The molecule has 21 heavy (non-hydrogen) atoms. The van der Waals surface area contributed by atoms with E-state index in [2.05, 4.69) is 42.2 Å². The number of benzene rings is 1. The first-order chi connectivity index (χ1) is 10.1. The molecule has 3 rings (SSSR count). The SMILES string of the molecule is Cc1cc(CC(C)N)cnc1N1CCc2ccccc2C1. The van der Waals surface area contributed by atoms with E-state index in [1.54, 1.807) is 0 Å². The Morgan fingerprint density at radius 1 is 1.29 bits per heavy atom. The van der Waals surface area contributed by atoms with Crippen LogP contribution in [0.15, 0.2) is 36.5 Å². The van der Waals surface area contributed by atoms with Crippen LogP contribution in [0.25, 0.3) is 0 Å². The molecule has 2 N–H and O–H groups in total. The van der Waals surface area contributed by atoms with E-state index < -0.39 is 0 Å². The van der Waals surface area contributed by atoms with Crippen LogP contribution in [-0.2, 0) is 19.4 Å². The molecule has 0 saturated carbocycles. The molecular formula is C18H23N3. The highest BCUT2D eigenvalue weighted by Gasteiger charge is 2.18. The minimum absolute atomic E-state index is 0.180. The molecule has 1 atom stereocenters. The number of anilines is 1. The van der Waals surface area contributed by atoms with E-state index in [1.165, 1.54) is 22.3 Å². The van der Waals surface area contributed by atoms with Gasteiger partial charge < -0.3 is 10.6 Å². The van der Waals surface area contributed by atoms with Gasteiger partial charge in [-0.25, -0.2) is 4.98 Å². The molecule has 0 fully saturated rings. The average molecular weight is 281 g/mol. The van der Waals surface area contributed by atoms with Crippen molar-refractivity contribution in [3.05, 3.63) is 58.8 Å². The van der Waals surface area contributed by atoms with Crippen molar-refractivity contribution >= 4 is 5.82 Å². The van der Waals surface area contributed by atoms with Gasteiger partial charge in [0.1, 0.15) is 5.82 Å². The quantitative estimate of drug-likeness (QED) is 0.940. The molecule has 0 amide bonds. The number of hydrogen-bond donors (Lipinski definition) is 1. The number of nitrogens with two attached hydrogens (primary N) is 1. The summed E-state index contributed by atoms with van der Waals surface area (Å²) in [5.74, 6) is 1.11. The molecule has 0 radical (unpaired) electrons. The maximum Gasteiger partial charge on any atom is 0.131 e. The summed E-state index contributed by atoms with van der Waals surface area (Å²) in [5, 5.41) is 0. The van der Waals surface area contributed by atoms with Crippen molar-refractivity contribution in [3.63, 3.8) is 0 Å². The second-order valence-corrected chi connectivity index (χ2v) is 6.11. The van der Waals surface area contributed by atoms with Gasteiger partial charge in [0.15, 0.2) is 0 Å². The summed E-state index contributed by atoms with van der Waals surface area (Å²) in [6, 6.07) is 11.1. The molecule has 3 heteroatoms. The van der Waals surface area contributed by atoms with Crippen LogP contribution in [0.2, 0.25) is 0 Å². The van der Waals surface area contributed by atoms with Crippen LogP contribution in [0.3, 0.4) is 0 Å². The van der Waals surface area contributed by atoms with E-state index in [1.807, 2.05) is 13.1 Å². The molecule has 3 nitrogen and oxygen atoms in total. The maximum atomic E-state index is 5.87. The molecule has 0 saturated heterocycles. The van der Waals surface area contributed by atoms with Crippen LogP contribution in [0.4, 0.5) is 5.82 Å². The fourth-order valence-corrected chi connectivity index (χ4v) is 3.12. The lowest BCUT2D eigenvalue weighted by Gasteiger charge is -2.31. The molecule has 1 aromatic carbocycles. The molecule has 0 spiro atoms. The van der Waals surface area contributed by atoms with Gasteiger partial charge in [-0.1, -0.05) is 30.3 Å². The number of nitrogens with zero attached hydrogens (tertiary/aromatic N) is 2. The van der Waals surface area contributed by atoms with Gasteiger partial charge in [-0.05, 0) is 48.9 Å². The van der Waals surface area contributed by atoms with Gasteiger partial charge in [0.05, 0.1) is 0 Å². The van der Waals surface area contributed by atoms with Crippen LogP contribution in [-0.4, -0.2) is 17.6 Å². The van der Waals surface area contributed by atoms with Crippen LogP contribution >= 0.6 is 0 Å². The zero-order valence-electron chi connectivity index (χ0n) is 12.8. The van der Waals surface area contributed by atoms with Gasteiger partial charge >= 0.3 is 0 Å². The van der Waals surface area contributed by atoms with E-state index in [9.17, 15) is 0 Å². The van der Waals surface area contributed by atoms with E-state index in [-0.39, 0.29) is 6.04 Å². The third kappa shape index (κ3) is 3.08. The first-order valence-corrected chi connectivity index (χ1v) is 7.66. The Bertz CT molecular complexity index is 634. The topological polar surface area (TPSA) is 42.1 Å². The third-order valence-electron chi connectivity index (χ3n) is 4.10. The lowest BCUT2D eigenvalue weighted by atomic mass is 9.99. The minimum atomic E-state index is 0.180. The Morgan fingerprint density at radius 3 is 2.76 bits per heavy atom. The Morgan fingerprint density at radius 2 is 2.05 bits per heavy atom. The molecule has 110 valence electrons. The lowest BCUT2D eigenvalue weighted by Crippen LogP contribution is -2.31. The lowest BCUT2D eigenvalue weighted by molar-refractivity contribution is 0.711. The predicted molar refractivity (Wildman–Crippen MR) is 87.5 cm³/mol. The summed E-state index contributed by atoms with van der Waals surface area (Å²) >= 11 is 0. The highest BCUT2D eigenvalue weighted by atomic mass is 15.2. The zero-order chi connectivity index (χ0) is 14.8. The number of rotatable bonds is 3. The number of fused-ring (bicyclic) bond motifs is 1. The Kier molecular flexibility index (Phi) is 3.93. The van der Waals surface area contributed by atoms with Gasteiger partial charge in [-0.15, -0.1) is 0 Å². The number of pyridine rings is 1. The molecule has 0 bridgehead atoms. The molecule has 2 aromatic rings. The number of hydrogen-bond acceptors (Lipinski definition) is 3. The second kappa shape index (κ2) is 5.86. The molecule has 0 aliphatic carbocycles.